The van der Waals surface area contributed by atoms with Gasteiger partial charge in [-0.05, 0) is 44.7 Å². The number of hydrogen-bond acceptors (Lipinski definition) is 3. The SMILES string of the molecule is CCNCC1(CN(CC)C(C)CC)CCOCC1. The lowest BCUT2D eigenvalue weighted by molar-refractivity contribution is -0.00972. The first kappa shape index (κ1) is 15.9. The highest BCUT2D eigenvalue weighted by Crippen LogP contribution is 2.31. The van der Waals surface area contributed by atoms with Crippen LogP contribution in [0.2, 0.25) is 0 Å². The van der Waals surface area contributed by atoms with Crippen molar-refractivity contribution in [3.8, 4) is 0 Å². The Morgan fingerprint density at radius 3 is 2.39 bits per heavy atom. The van der Waals surface area contributed by atoms with Crippen molar-refractivity contribution in [3.63, 3.8) is 0 Å². The summed E-state index contributed by atoms with van der Waals surface area (Å²) in [5, 5.41) is 3.56. The molecule has 1 atom stereocenters. The second kappa shape index (κ2) is 8.13. The second-order valence-electron chi connectivity index (χ2n) is 5.71. The molecule has 0 amide bonds. The summed E-state index contributed by atoms with van der Waals surface area (Å²) in [6, 6.07) is 0.691. The maximum atomic E-state index is 5.56. The van der Waals surface area contributed by atoms with Crippen LogP contribution in [0.3, 0.4) is 0 Å². The molecule has 3 heteroatoms. The first-order valence-corrected chi connectivity index (χ1v) is 7.70. The standard InChI is InChI=1S/C15H32N2O/c1-5-14(4)17(7-3)13-15(12-16-6-2)8-10-18-11-9-15/h14,16H,5-13H2,1-4H3. The lowest BCUT2D eigenvalue weighted by Gasteiger charge is -2.42. The van der Waals surface area contributed by atoms with Gasteiger partial charge in [0.05, 0.1) is 0 Å². The zero-order valence-corrected chi connectivity index (χ0v) is 12.8. The Labute approximate surface area is 113 Å². The van der Waals surface area contributed by atoms with Crippen LogP contribution in [0, 0.1) is 5.41 Å². The van der Waals surface area contributed by atoms with E-state index < -0.39 is 0 Å². The van der Waals surface area contributed by atoms with Gasteiger partial charge in [0.2, 0.25) is 0 Å². The molecule has 0 aromatic carbocycles. The molecule has 0 aromatic heterocycles. The Bertz CT molecular complexity index is 215. The second-order valence-corrected chi connectivity index (χ2v) is 5.71. The molecule has 0 aromatic rings. The molecule has 0 saturated carbocycles. The molecule has 1 saturated heterocycles. The van der Waals surface area contributed by atoms with Crippen molar-refractivity contribution in [1.29, 1.82) is 0 Å². The predicted octanol–water partition coefficient (Wildman–Crippen LogP) is 2.51. The third-order valence-corrected chi connectivity index (χ3v) is 4.46. The Hall–Kier alpha value is -0.120. The highest BCUT2D eigenvalue weighted by atomic mass is 16.5. The van der Waals surface area contributed by atoms with Crippen molar-refractivity contribution < 1.29 is 4.74 Å². The molecule has 1 aliphatic rings. The van der Waals surface area contributed by atoms with E-state index in [0.717, 1.165) is 32.8 Å². The van der Waals surface area contributed by atoms with Crippen molar-refractivity contribution >= 4 is 0 Å². The summed E-state index contributed by atoms with van der Waals surface area (Å²) in [6.45, 7) is 15.6. The van der Waals surface area contributed by atoms with E-state index in [-0.39, 0.29) is 0 Å². The van der Waals surface area contributed by atoms with Gasteiger partial charge in [-0.15, -0.1) is 0 Å². The summed E-state index contributed by atoms with van der Waals surface area (Å²) in [6.07, 6.45) is 3.64. The molecule has 1 N–H and O–H groups in total. The number of nitrogens with zero attached hydrogens (tertiary/aromatic N) is 1. The van der Waals surface area contributed by atoms with E-state index in [1.165, 1.54) is 25.8 Å². The number of ether oxygens (including phenoxy) is 1. The van der Waals surface area contributed by atoms with Crippen LogP contribution >= 0.6 is 0 Å². The van der Waals surface area contributed by atoms with E-state index in [0.29, 0.717) is 11.5 Å². The maximum Gasteiger partial charge on any atom is 0.0472 e. The van der Waals surface area contributed by atoms with Gasteiger partial charge in [0.15, 0.2) is 0 Å². The van der Waals surface area contributed by atoms with E-state index in [1.54, 1.807) is 0 Å². The molecule has 3 nitrogen and oxygen atoms in total. The largest absolute Gasteiger partial charge is 0.381 e. The molecule has 1 unspecified atom stereocenters. The van der Waals surface area contributed by atoms with Crippen molar-refractivity contribution in [2.45, 2.75) is 53.0 Å². The van der Waals surface area contributed by atoms with Crippen molar-refractivity contribution in [1.82, 2.24) is 10.2 Å². The molecular weight excluding hydrogens is 224 g/mol. The minimum absolute atomic E-state index is 0.424. The predicted molar refractivity (Wildman–Crippen MR) is 78.0 cm³/mol. The van der Waals surface area contributed by atoms with Crippen molar-refractivity contribution in [2.24, 2.45) is 5.41 Å². The summed E-state index contributed by atoms with van der Waals surface area (Å²) >= 11 is 0. The first-order chi connectivity index (χ1) is 8.67. The molecule has 0 aliphatic carbocycles. The zero-order chi connectivity index (χ0) is 13.4. The molecule has 108 valence electrons. The molecule has 0 bridgehead atoms. The Morgan fingerprint density at radius 2 is 1.89 bits per heavy atom. The number of nitrogens with one attached hydrogen (secondary N) is 1. The van der Waals surface area contributed by atoms with Crippen LogP contribution in [0.15, 0.2) is 0 Å². The van der Waals surface area contributed by atoms with Crippen molar-refractivity contribution in [3.05, 3.63) is 0 Å². The first-order valence-electron chi connectivity index (χ1n) is 7.70. The summed E-state index contributed by atoms with van der Waals surface area (Å²) in [5.41, 5.74) is 0.424. The fourth-order valence-corrected chi connectivity index (χ4v) is 2.85. The monoisotopic (exact) mass is 256 g/mol. The maximum absolute atomic E-state index is 5.56. The molecule has 1 fully saturated rings. The Balaban J connectivity index is 2.63. The molecule has 1 aliphatic heterocycles. The molecule has 18 heavy (non-hydrogen) atoms. The zero-order valence-electron chi connectivity index (χ0n) is 12.8. The van der Waals surface area contributed by atoms with Crippen molar-refractivity contribution in [2.75, 3.05) is 39.4 Å². The Morgan fingerprint density at radius 1 is 1.22 bits per heavy atom. The van der Waals surface area contributed by atoms with Gasteiger partial charge in [0, 0.05) is 32.3 Å². The fraction of sp³-hybridized carbons (Fsp3) is 1.00. The van der Waals surface area contributed by atoms with Gasteiger partial charge in [0.1, 0.15) is 0 Å². The van der Waals surface area contributed by atoms with Gasteiger partial charge in [-0.2, -0.15) is 0 Å². The third kappa shape index (κ3) is 4.52. The molecule has 1 rings (SSSR count). The van der Waals surface area contributed by atoms with Crippen LogP contribution < -0.4 is 5.32 Å². The van der Waals surface area contributed by atoms with Gasteiger partial charge in [-0.3, -0.25) is 0 Å². The smallest absolute Gasteiger partial charge is 0.0472 e. The quantitative estimate of drug-likeness (QED) is 0.722. The highest BCUT2D eigenvalue weighted by Gasteiger charge is 2.34. The highest BCUT2D eigenvalue weighted by molar-refractivity contribution is 4.88. The van der Waals surface area contributed by atoms with Gasteiger partial charge < -0.3 is 15.0 Å². The molecule has 0 radical (unpaired) electrons. The molecule has 0 spiro atoms. The lowest BCUT2D eigenvalue weighted by Crippen LogP contribution is -2.49. The lowest BCUT2D eigenvalue weighted by atomic mass is 9.79. The van der Waals surface area contributed by atoms with Crippen LogP contribution in [0.5, 0.6) is 0 Å². The minimum atomic E-state index is 0.424. The normalized spacial score (nSPS) is 21.2. The van der Waals surface area contributed by atoms with Crippen LogP contribution in [0.1, 0.15) is 47.0 Å². The average molecular weight is 256 g/mol. The van der Waals surface area contributed by atoms with Crippen LogP contribution in [0.25, 0.3) is 0 Å². The number of rotatable bonds is 8. The van der Waals surface area contributed by atoms with E-state index in [4.69, 9.17) is 4.74 Å². The summed E-state index contributed by atoms with van der Waals surface area (Å²) < 4.78 is 5.56. The summed E-state index contributed by atoms with van der Waals surface area (Å²) in [5.74, 6) is 0. The van der Waals surface area contributed by atoms with E-state index in [1.807, 2.05) is 0 Å². The van der Waals surface area contributed by atoms with Gasteiger partial charge in [-0.25, -0.2) is 0 Å². The molecular formula is C15H32N2O. The van der Waals surface area contributed by atoms with E-state index in [9.17, 15) is 0 Å². The van der Waals surface area contributed by atoms with Crippen LogP contribution in [0.4, 0.5) is 0 Å². The third-order valence-electron chi connectivity index (χ3n) is 4.46. The van der Waals surface area contributed by atoms with Crippen LogP contribution in [-0.4, -0.2) is 50.3 Å². The minimum Gasteiger partial charge on any atom is -0.381 e. The summed E-state index contributed by atoms with van der Waals surface area (Å²) in [7, 11) is 0. The fourth-order valence-electron chi connectivity index (χ4n) is 2.85. The van der Waals surface area contributed by atoms with E-state index >= 15 is 0 Å². The van der Waals surface area contributed by atoms with Gasteiger partial charge >= 0.3 is 0 Å². The Kier molecular flexibility index (Phi) is 7.20. The van der Waals surface area contributed by atoms with Gasteiger partial charge in [-0.1, -0.05) is 20.8 Å². The summed E-state index contributed by atoms with van der Waals surface area (Å²) in [4.78, 5) is 2.64. The average Bonchev–Trinajstić information content (AvgIpc) is 2.43. The number of hydrogen-bond donors (Lipinski definition) is 1. The molecule has 1 heterocycles. The van der Waals surface area contributed by atoms with Gasteiger partial charge in [0.25, 0.3) is 0 Å². The topological polar surface area (TPSA) is 24.5 Å². The van der Waals surface area contributed by atoms with Crippen LogP contribution in [-0.2, 0) is 4.74 Å². The van der Waals surface area contributed by atoms with E-state index in [2.05, 4.69) is 37.9 Å².